The lowest BCUT2D eigenvalue weighted by Crippen LogP contribution is -1.97. The van der Waals surface area contributed by atoms with E-state index in [-0.39, 0.29) is 6.04 Å². The molecule has 0 aromatic heterocycles. The van der Waals surface area contributed by atoms with Gasteiger partial charge in [0.2, 0.25) is 6.04 Å². The number of ether oxygens (including phenoxy) is 1. The first kappa shape index (κ1) is 11.6. The Morgan fingerprint density at radius 3 is 2.40 bits per heavy atom. The molecule has 1 atom stereocenters. The highest BCUT2D eigenvalue weighted by molar-refractivity contribution is 5.41. The van der Waals surface area contributed by atoms with Crippen LogP contribution in [0.1, 0.15) is 43.9 Å². The van der Waals surface area contributed by atoms with E-state index in [2.05, 4.69) is 30.8 Å². The summed E-state index contributed by atoms with van der Waals surface area (Å²) in [5, 5.41) is 0. The van der Waals surface area contributed by atoms with Crippen LogP contribution in [0.15, 0.2) is 18.2 Å². The summed E-state index contributed by atoms with van der Waals surface area (Å²) in [7, 11) is 1.64. The summed E-state index contributed by atoms with van der Waals surface area (Å²) in [5.41, 5.74) is 2.24. The van der Waals surface area contributed by atoms with Crippen molar-refractivity contribution in [2.45, 2.75) is 32.7 Å². The molecule has 2 heteroatoms. The Morgan fingerprint density at radius 1 is 1.27 bits per heavy atom. The third-order valence-electron chi connectivity index (χ3n) is 2.56. The number of benzene rings is 1. The molecule has 0 N–H and O–H groups in total. The van der Waals surface area contributed by atoms with Gasteiger partial charge < -0.3 is 9.58 Å². The summed E-state index contributed by atoms with van der Waals surface area (Å²) in [6, 6.07) is 5.95. The smallest absolute Gasteiger partial charge is 0.249 e. The Morgan fingerprint density at radius 2 is 1.93 bits per heavy atom. The number of rotatable bonds is 3. The zero-order chi connectivity index (χ0) is 11.4. The van der Waals surface area contributed by atoms with Crippen LogP contribution in [0.2, 0.25) is 0 Å². The molecular weight excluding hydrogens is 186 g/mol. The van der Waals surface area contributed by atoms with Gasteiger partial charge in [0, 0.05) is 6.92 Å². The normalized spacial score (nSPS) is 12.3. The maximum absolute atomic E-state index is 7.07. The van der Waals surface area contributed by atoms with Crippen molar-refractivity contribution >= 4 is 0 Å². The van der Waals surface area contributed by atoms with Crippen molar-refractivity contribution in [2.24, 2.45) is 0 Å². The standard InChI is InChI=1S/C13H17NO/c1-9(2)11-6-7-13(15-5)12(8-11)10(3)14-4/h6-10H,1-3,5H3. The Hall–Kier alpha value is -1.49. The monoisotopic (exact) mass is 203 g/mol. The first-order valence-electron chi connectivity index (χ1n) is 5.14. The van der Waals surface area contributed by atoms with Crippen LogP contribution in [0, 0.1) is 6.57 Å². The molecule has 0 radical (unpaired) electrons. The van der Waals surface area contributed by atoms with Gasteiger partial charge in [-0.05, 0) is 23.6 Å². The van der Waals surface area contributed by atoms with Gasteiger partial charge in [-0.1, -0.05) is 19.9 Å². The summed E-state index contributed by atoms with van der Waals surface area (Å²) in [5.74, 6) is 1.29. The Kier molecular flexibility index (Phi) is 3.74. The molecule has 1 aromatic carbocycles. The van der Waals surface area contributed by atoms with E-state index in [0.29, 0.717) is 5.92 Å². The molecule has 80 valence electrons. The highest BCUT2D eigenvalue weighted by Gasteiger charge is 2.16. The van der Waals surface area contributed by atoms with Gasteiger partial charge in [-0.3, -0.25) is 0 Å². The van der Waals surface area contributed by atoms with E-state index in [1.807, 2.05) is 13.0 Å². The van der Waals surface area contributed by atoms with Crippen LogP contribution in [0.25, 0.3) is 4.85 Å². The maximum atomic E-state index is 7.07. The molecule has 0 saturated carbocycles. The molecule has 0 amide bonds. The van der Waals surface area contributed by atoms with Crippen LogP contribution in [-0.4, -0.2) is 7.11 Å². The van der Waals surface area contributed by atoms with Crippen molar-refractivity contribution in [3.05, 3.63) is 40.7 Å². The SMILES string of the molecule is [C-]#[N+]C(C)c1cc(C(C)C)ccc1OC. The fourth-order valence-electron chi connectivity index (χ4n) is 1.51. The first-order chi connectivity index (χ1) is 7.10. The average Bonchev–Trinajstić information content (AvgIpc) is 2.27. The predicted molar refractivity (Wildman–Crippen MR) is 62.1 cm³/mol. The maximum Gasteiger partial charge on any atom is 0.249 e. The molecule has 0 bridgehead atoms. The van der Waals surface area contributed by atoms with E-state index >= 15 is 0 Å². The first-order valence-corrected chi connectivity index (χ1v) is 5.14. The van der Waals surface area contributed by atoms with Gasteiger partial charge in [-0.15, -0.1) is 0 Å². The van der Waals surface area contributed by atoms with Crippen LogP contribution in [0.4, 0.5) is 0 Å². The summed E-state index contributed by atoms with van der Waals surface area (Å²) in [4.78, 5) is 3.54. The summed E-state index contributed by atoms with van der Waals surface area (Å²) < 4.78 is 5.26. The van der Waals surface area contributed by atoms with Crippen molar-refractivity contribution in [1.29, 1.82) is 0 Å². The molecule has 1 unspecified atom stereocenters. The average molecular weight is 203 g/mol. The van der Waals surface area contributed by atoms with Crippen LogP contribution in [0.5, 0.6) is 5.75 Å². The fourth-order valence-corrected chi connectivity index (χ4v) is 1.51. The highest BCUT2D eigenvalue weighted by Crippen LogP contribution is 2.30. The molecule has 0 aliphatic carbocycles. The molecule has 0 spiro atoms. The van der Waals surface area contributed by atoms with Crippen LogP contribution >= 0.6 is 0 Å². The second kappa shape index (κ2) is 4.84. The van der Waals surface area contributed by atoms with Crippen LogP contribution in [-0.2, 0) is 0 Å². The minimum Gasteiger partial charge on any atom is -0.496 e. The van der Waals surface area contributed by atoms with Gasteiger partial charge in [0.25, 0.3) is 0 Å². The highest BCUT2D eigenvalue weighted by atomic mass is 16.5. The minimum atomic E-state index is -0.140. The van der Waals surface area contributed by atoms with Gasteiger partial charge in [-0.25, -0.2) is 6.57 Å². The third-order valence-corrected chi connectivity index (χ3v) is 2.56. The molecular formula is C13H17NO. The van der Waals surface area contributed by atoms with E-state index in [4.69, 9.17) is 11.3 Å². The number of methoxy groups -OCH3 is 1. The summed E-state index contributed by atoms with van der Waals surface area (Å²) in [6.07, 6.45) is 0. The summed E-state index contributed by atoms with van der Waals surface area (Å²) >= 11 is 0. The lowest BCUT2D eigenvalue weighted by molar-refractivity contribution is 0.408. The lowest BCUT2D eigenvalue weighted by Gasteiger charge is -2.11. The van der Waals surface area contributed by atoms with Crippen molar-refractivity contribution in [3.63, 3.8) is 0 Å². The Labute approximate surface area is 91.7 Å². The van der Waals surface area contributed by atoms with E-state index in [1.54, 1.807) is 7.11 Å². The molecule has 0 aliphatic rings. The van der Waals surface area contributed by atoms with Crippen molar-refractivity contribution in [3.8, 4) is 5.75 Å². The van der Waals surface area contributed by atoms with E-state index in [9.17, 15) is 0 Å². The zero-order valence-electron chi connectivity index (χ0n) is 9.74. The van der Waals surface area contributed by atoms with Gasteiger partial charge in [0.15, 0.2) is 0 Å². The predicted octanol–water partition coefficient (Wildman–Crippen LogP) is 3.80. The van der Waals surface area contributed by atoms with Gasteiger partial charge >= 0.3 is 0 Å². The molecule has 0 fully saturated rings. The molecule has 2 nitrogen and oxygen atoms in total. The molecule has 0 saturated heterocycles. The Bertz CT molecular complexity index is 377. The molecule has 1 rings (SSSR count). The van der Waals surface area contributed by atoms with Crippen molar-refractivity contribution < 1.29 is 4.74 Å². The quantitative estimate of drug-likeness (QED) is 0.681. The zero-order valence-corrected chi connectivity index (χ0v) is 9.74. The van der Waals surface area contributed by atoms with E-state index in [1.165, 1.54) is 5.56 Å². The number of hydrogen-bond donors (Lipinski definition) is 0. The molecule has 15 heavy (non-hydrogen) atoms. The summed E-state index contributed by atoms with van der Waals surface area (Å²) in [6.45, 7) is 13.3. The second-order valence-corrected chi connectivity index (χ2v) is 3.96. The van der Waals surface area contributed by atoms with Gasteiger partial charge in [0.1, 0.15) is 5.75 Å². The topological polar surface area (TPSA) is 13.6 Å². The van der Waals surface area contributed by atoms with E-state index < -0.39 is 0 Å². The van der Waals surface area contributed by atoms with E-state index in [0.717, 1.165) is 11.3 Å². The Balaban J connectivity index is 3.20. The number of nitrogens with zero attached hydrogens (tertiary/aromatic N) is 1. The number of hydrogen-bond acceptors (Lipinski definition) is 1. The van der Waals surface area contributed by atoms with Gasteiger partial charge in [-0.2, -0.15) is 0 Å². The van der Waals surface area contributed by atoms with Gasteiger partial charge in [0.05, 0.1) is 12.7 Å². The van der Waals surface area contributed by atoms with Crippen LogP contribution in [0.3, 0.4) is 0 Å². The lowest BCUT2D eigenvalue weighted by atomic mass is 9.97. The largest absolute Gasteiger partial charge is 0.496 e. The molecule has 1 aromatic rings. The van der Waals surface area contributed by atoms with Crippen molar-refractivity contribution in [2.75, 3.05) is 7.11 Å². The molecule has 0 aliphatic heterocycles. The fraction of sp³-hybridized carbons (Fsp3) is 0.462. The second-order valence-electron chi connectivity index (χ2n) is 3.96. The van der Waals surface area contributed by atoms with Crippen molar-refractivity contribution in [1.82, 2.24) is 0 Å². The van der Waals surface area contributed by atoms with Crippen LogP contribution < -0.4 is 4.74 Å². The minimum absolute atomic E-state index is 0.140. The third kappa shape index (κ3) is 2.50. The molecule has 0 heterocycles.